The van der Waals surface area contributed by atoms with Crippen LogP contribution in [-0.2, 0) is 10.9 Å². The molecule has 1 aliphatic carbocycles. The minimum atomic E-state index is -4.83. The van der Waals surface area contributed by atoms with Gasteiger partial charge in [-0.05, 0) is 39.2 Å². The molecule has 2 aromatic rings. The Morgan fingerprint density at radius 1 is 1.17 bits per heavy atom. The average molecular weight is 427 g/mol. The number of hydrogen-bond donors (Lipinski definition) is 0. The molecule has 4 rings (SSSR count). The van der Waals surface area contributed by atoms with E-state index in [1.807, 2.05) is 13.8 Å². The molecule has 0 N–H and O–H groups in total. The first-order valence-electron chi connectivity index (χ1n) is 10.3. The number of halogens is 4. The molecule has 2 aromatic heterocycles. The van der Waals surface area contributed by atoms with Crippen LogP contribution in [0.25, 0.3) is 11.4 Å². The Morgan fingerprint density at radius 2 is 1.90 bits per heavy atom. The Hall–Kier alpha value is -2.07. The molecule has 0 unspecified atom stereocenters. The summed E-state index contributed by atoms with van der Waals surface area (Å²) in [6, 6.07) is 1.18. The second kappa shape index (κ2) is 8.22. The lowest BCUT2D eigenvalue weighted by atomic mass is 10.1. The molecule has 164 valence electrons. The van der Waals surface area contributed by atoms with E-state index in [1.165, 1.54) is 0 Å². The summed E-state index contributed by atoms with van der Waals surface area (Å²) in [5.41, 5.74) is -1.34. The van der Waals surface area contributed by atoms with E-state index >= 15 is 0 Å². The number of ether oxygens (including phenoxy) is 1. The molecular weight excluding hydrogens is 402 g/mol. The molecule has 0 aromatic carbocycles. The topological polar surface area (TPSA) is 56.1 Å². The molecule has 2 fully saturated rings. The minimum Gasteiger partial charge on any atom is -0.379 e. The maximum absolute atomic E-state index is 13.6. The molecule has 3 heterocycles. The summed E-state index contributed by atoms with van der Waals surface area (Å²) in [4.78, 5) is 10.3. The van der Waals surface area contributed by atoms with E-state index in [-0.39, 0.29) is 23.3 Å². The van der Waals surface area contributed by atoms with E-state index in [2.05, 4.69) is 20.0 Å². The second-order valence-electron chi connectivity index (χ2n) is 8.20. The highest BCUT2D eigenvalue weighted by molar-refractivity contribution is 5.54. The first-order valence-corrected chi connectivity index (χ1v) is 10.3. The third-order valence-electron chi connectivity index (χ3n) is 5.88. The van der Waals surface area contributed by atoms with E-state index in [9.17, 15) is 17.6 Å². The van der Waals surface area contributed by atoms with E-state index in [4.69, 9.17) is 4.74 Å². The van der Waals surface area contributed by atoms with Crippen LogP contribution >= 0.6 is 0 Å². The van der Waals surface area contributed by atoms with Crippen LogP contribution in [0.2, 0.25) is 0 Å². The van der Waals surface area contributed by atoms with Crippen molar-refractivity contribution in [2.75, 3.05) is 26.3 Å². The van der Waals surface area contributed by atoms with Crippen molar-refractivity contribution in [1.29, 1.82) is 0 Å². The molecule has 30 heavy (non-hydrogen) atoms. The van der Waals surface area contributed by atoms with Crippen molar-refractivity contribution in [1.82, 2.24) is 24.6 Å². The highest BCUT2D eigenvalue weighted by Gasteiger charge is 2.37. The van der Waals surface area contributed by atoms with Crippen LogP contribution in [0.15, 0.2) is 12.3 Å². The standard InChI is InChI=1S/C20H25F4N5O/c1-12(2)29-19(13-3-4-15(9-13)28-5-7-30-8-6-28)26-18(27-29)14-10-16(20(22,23)24)17(21)25-11-14/h10-13,15H,3-9H2,1-2H3/t13-,15+/m0/s1. The van der Waals surface area contributed by atoms with Crippen LogP contribution in [0.3, 0.4) is 0 Å². The van der Waals surface area contributed by atoms with E-state index < -0.39 is 17.7 Å². The minimum absolute atomic E-state index is 0.000759. The predicted octanol–water partition coefficient (Wildman–Crippen LogP) is 4.05. The molecule has 2 aliphatic rings. The second-order valence-corrected chi connectivity index (χ2v) is 8.20. The van der Waals surface area contributed by atoms with E-state index in [0.717, 1.165) is 63.7 Å². The van der Waals surface area contributed by atoms with Crippen molar-refractivity contribution in [3.8, 4) is 11.4 Å². The van der Waals surface area contributed by atoms with Crippen molar-refractivity contribution in [2.45, 2.75) is 57.3 Å². The van der Waals surface area contributed by atoms with Gasteiger partial charge in [0.05, 0.1) is 13.2 Å². The van der Waals surface area contributed by atoms with Crippen LogP contribution < -0.4 is 0 Å². The van der Waals surface area contributed by atoms with Gasteiger partial charge >= 0.3 is 6.18 Å². The number of morpholine rings is 1. The van der Waals surface area contributed by atoms with Crippen molar-refractivity contribution in [3.05, 3.63) is 29.6 Å². The molecular formula is C20H25F4N5O. The molecule has 0 bridgehead atoms. The van der Waals surface area contributed by atoms with Gasteiger partial charge < -0.3 is 4.74 Å². The van der Waals surface area contributed by atoms with Crippen LogP contribution in [0.4, 0.5) is 17.6 Å². The zero-order chi connectivity index (χ0) is 21.5. The molecule has 0 spiro atoms. The van der Waals surface area contributed by atoms with Gasteiger partial charge in [-0.25, -0.2) is 14.6 Å². The number of aromatic nitrogens is 4. The fourth-order valence-corrected chi connectivity index (χ4v) is 4.35. The van der Waals surface area contributed by atoms with Crippen molar-refractivity contribution in [3.63, 3.8) is 0 Å². The highest BCUT2D eigenvalue weighted by atomic mass is 19.4. The Bertz CT molecular complexity index is 892. The third kappa shape index (κ3) is 4.20. The molecule has 1 saturated carbocycles. The van der Waals surface area contributed by atoms with E-state index in [1.54, 1.807) is 4.68 Å². The quantitative estimate of drug-likeness (QED) is 0.544. The molecule has 2 atom stereocenters. The van der Waals surface area contributed by atoms with E-state index in [0.29, 0.717) is 6.04 Å². The normalized spacial score (nSPS) is 23.4. The zero-order valence-corrected chi connectivity index (χ0v) is 17.0. The van der Waals surface area contributed by atoms with Gasteiger partial charge in [0, 0.05) is 42.9 Å². The largest absolute Gasteiger partial charge is 0.420 e. The first-order chi connectivity index (χ1) is 14.2. The predicted molar refractivity (Wildman–Crippen MR) is 101 cm³/mol. The molecule has 6 nitrogen and oxygen atoms in total. The van der Waals surface area contributed by atoms with Gasteiger partial charge in [0.2, 0.25) is 5.95 Å². The summed E-state index contributed by atoms with van der Waals surface area (Å²) < 4.78 is 60.0. The van der Waals surface area contributed by atoms with Gasteiger partial charge in [-0.2, -0.15) is 22.7 Å². The molecule has 1 aliphatic heterocycles. The van der Waals surface area contributed by atoms with Crippen LogP contribution in [-0.4, -0.2) is 57.0 Å². The number of pyridine rings is 1. The maximum atomic E-state index is 13.6. The van der Waals surface area contributed by atoms with Gasteiger partial charge in [-0.3, -0.25) is 4.90 Å². The van der Waals surface area contributed by atoms with Crippen molar-refractivity contribution < 1.29 is 22.3 Å². The SMILES string of the molecule is CC(C)n1nc(-c2cnc(F)c(C(F)(F)F)c2)nc1[C@H]1CC[C@@H](N2CCOCC2)C1. The monoisotopic (exact) mass is 427 g/mol. The molecule has 1 saturated heterocycles. The lowest BCUT2D eigenvalue weighted by Gasteiger charge is -2.32. The zero-order valence-electron chi connectivity index (χ0n) is 17.0. The summed E-state index contributed by atoms with van der Waals surface area (Å²) in [6.45, 7) is 7.24. The summed E-state index contributed by atoms with van der Waals surface area (Å²) in [5.74, 6) is -0.448. The Morgan fingerprint density at radius 3 is 2.57 bits per heavy atom. The molecule has 10 heteroatoms. The summed E-state index contributed by atoms with van der Waals surface area (Å²) in [5, 5.41) is 4.46. The fraction of sp³-hybridized carbons (Fsp3) is 0.650. The van der Waals surface area contributed by atoms with Gasteiger partial charge in [0.15, 0.2) is 5.82 Å². The summed E-state index contributed by atoms with van der Waals surface area (Å²) in [7, 11) is 0. The molecule has 0 amide bonds. The Kier molecular flexibility index (Phi) is 5.80. The van der Waals surface area contributed by atoms with Crippen molar-refractivity contribution >= 4 is 0 Å². The summed E-state index contributed by atoms with van der Waals surface area (Å²) in [6.07, 6.45) is -0.850. The number of nitrogens with zero attached hydrogens (tertiary/aromatic N) is 5. The van der Waals surface area contributed by atoms with Crippen LogP contribution in [0.5, 0.6) is 0 Å². The smallest absolute Gasteiger partial charge is 0.379 e. The van der Waals surface area contributed by atoms with Crippen molar-refractivity contribution in [2.24, 2.45) is 0 Å². The van der Waals surface area contributed by atoms with Gasteiger partial charge in [-0.1, -0.05) is 0 Å². The number of hydrogen-bond acceptors (Lipinski definition) is 5. The lowest BCUT2D eigenvalue weighted by molar-refractivity contribution is -0.140. The number of rotatable bonds is 4. The Balaban J connectivity index is 1.62. The molecule has 0 radical (unpaired) electrons. The third-order valence-corrected chi connectivity index (χ3v) is 5.88. The fourth-order valence-electron chi connectivity index (χ4n) is 4.35. The first kappa shape index (κ1) is 21.2. The average Bonchev–Trinajstić information content (AvgIpc) is 3.35. The van der Waals surface area contributed by atoms with Crippen LogP contribution in [0, 0.1) is 5.95 Å². The maximum Gasteiger partial charge on any atom is 0.420 e. The lowest BCUT2D eigenvalue weighted by Crippen LogP contribution is -2.42. The van der Waals surface area contributed by atoms with Gasteiger partial charge in [0.1, 0.15) is 11.4 Å². The van der Waals surface area contributed by atoms with Gasteiger partial charge in [-0.15, -0.1) is 0 Å². The van der Waals surface area contributed by atoms with Crippen LogP contribution in [0.1, 0.15) is 56.5 Å². The van der Waals surface area contributed by atoms with Gasteiger partial charge in [0.25, 0.3) is 0 Å². The Labute approximate surface area is 172 Å². The highest BCUT2D eigenvalue weighted by Crippen LogP contribution is 2.38. The number of alkyl halides is 3. The summed E-state index contributed by atoms with van der Waals surface area (Å²) >= 11 is 0.